The normalized spacial score (nSPS) is 29.1. The van der Waals surface area contributed by atoms with Gasteiger partial charge in [-0.25, -0.2) is 0 Å². The summed E-state index contributed by atoms with van der Waals surface area (Å²) >= 11 is 0. The molecule has 0 bridgehead atoms. The summed E-state index contributed by atoms with van der Waals surface area (Å²) in [6.45, 7) is 3.75. The molecule has 2 unspecified atom stereocenters. The summed E-state index contributed by atoms with van der Waals surface area (Å²) in [5.41, 5.74) is 0. The Labute approximate surface area is 88.3 Å². The van der Waals surface area contributed by atoms with Gasteiger partial charge in [-0.1, -0.05) is 26.2 Å². The molecule has 1 fully saturated rings. The van der Waals surface area contributed by atoms with Crippen LogP contribution in [-0.2, 0) is 0 Å². The number of hydrogen-bond acceptors (Lipinski definition) is 2. The number of aliphatic hydroxyl groups excluding tert-OH is 1. The van der Waals surface area contributed by atoms with E-state index in [2.05, 4.69) is 18.9 Å². The highest BCUT2D eigenvalue weighted by Crippen LogP contribution is 2.26. The van der Waals surface area contributed by atoms with E-state index < -0.39 is 0 Å². The molecule has 14 heavy (non-hydrogen) atoms. The first-order valence-electron chi connectivity index (χ1n) is 6.07. The van der Waals surface area contributed by atoms with E-state index in [0.717, 1.165) is 24.9 Å². The fourth-order valence-corrected chi connectivity index (χ4v) is 2.61. The lowest BCUT2D eigenvalue weighted by Crippen LogP contribution is -2.37. The van der Waals surface area contributed by atoms with E-state index in [1.54, 1.807) is 0 Å². The third kappa shape index (κ3) is 3.58. The van der Waals surface area contributed by atoms with Crippen LogP contribution in [0.1, 0.15) is 45.4 Å². The SMILES string of the molecule is CC1CCCCCC1N(C)CCCO. The van der Waals surface area contributed by atoms with Gasteiger partial charge in [0.15, 0.2) is 0 Å². The van der Waals surface area contributed by atoms with E-state index in [9.17, 15) is 0 Å². The fourth-order valence-electron chi connectivity index (χ4n) is 2.61. The molecule has 1 N–H and O–H groups in total. The van der Waals surface area contributed by atoms with E-state index in [4.69, 9.17) is 5.11 Å². The third-order valence-corrected chi connectivity index (χ3v) is 3.55. The summed E-state index contributed by atoms with van der Waals surface area (Å²) < 4.78 is 0. The van der Waals surface area contributed by atoms with Crippen molar-refractivity contribution in [1.82, 2.24) is 4.90 Å². The highest BCUT2D eigenvalue weighted by atomic mass is 16.3. The summed E-state index contributed by atoms with van der Waals surface area (Å²) in [6.07, 6.45) is 7.86. The van der Waals surface area contributed by atoms with E-state index >= 15 is 0 Å². The quantitative estimate of drug-likeness (QED) is 0.702. The topological polar surface area (TPSA) is 23.5 Å². The Bertz CT molecular complexity index is 149. The largest absolute Gasteiger partial charge is 0.396 e. The molecule has 0 saturated heterocycles. The van der Waals surface area contributed by atoms with Crippen molar-refractivity contribution in [3.63, 3.8) is 0 Å². The molecular weight excluding hydrogens is 174 g/mol. The van der Waals surface area contributed by atoms with Crippen molar-refractivity contribution in [3.8, 4) is 0 Å². The predicted octanol–water partition coefficient (Wildman–Crippen LogP) is 2.27. The van der Waals surface area contributed by atoms with Crippen molar-refractivity contribution >= 4 is 0 Å². The first-order chi connectivity index (χ1) is 6.75. The molecule has 1 rings (SSSR count). The van der Waals surface area contributed by atoms with Gasteiger partial charge < -0.3 is 10.0 Å². The molecule has 1 aliphatic rings. The minimum atomic E-state index is 0.325. The molecule has 84 valence electrons. The lowest BCUT2D eigenvalue weighted by atomic mass is 9.95. The van der Waals surface area contributed by atoms with Gasteiger partial charge in [-0.2, -0.15) is 0 Å². The maximum Gasteiger partial charge on any atom is 0.0443 e. The molecule has 2 atom stereocenters. The van der Waals surface area contributed by atoms with Crippen LogP contribution in [0.4, 0.5) is 0 Å². The molecule has 0 spiro atoms. The van der Waals surface area contributed by atoms with Gasteiger partial charge in [-0.3, -0.25) is 0 Å². The Morgan fingerprint density at radius 3 is 2.64 bits per heavy atom. The minimum absolute atomic E-state index is 0.325. The Hall–Kier alpha value is -0.0800. The van der Waals surface area contributed by atoms with Crippen molar-refractivity contribution in [2.24, 2.45) is 5.92 Å². The van der Waals surface area contributed by atoms with Gasteiger partial charge in [-0.15, -0.1) is 0 Å². The molecule has 0 amide bonds. The molecule has 2 heteroatoms. The fraction of sp³-hybridized carbons (Fsp3) is 1.00. The second kappa shape index (κ2) is 6.41. The summed E-state index contributed by atoms with van der Waals surface area (Å²) in [5.74, 6) is 0.834. The number of rotatable bonds is 4. The highest BCUT2D eigenvalue weighted by molar-refractivity contribution is 4.77. The summed E-state index contributed by atoms with van der Waals surface area (Å²) in [4.78, 5) is 2.45. The second-order valence-electron chi connectivity index (χ2n) is 4.74. The van der Waals surface area contributed by atoms with Gasteiger partial charge in [0, 0.05) is 19.2 Å². The Morgan fingerprint density at radius 1 is 1.21 bits per heavy atom. The van der Waals surface area contributed by atoms with Gasteiger partial charge in [0.1, 0.15) is 0 Å². The van der Waals surface area contributed by atoms with Crippen LogP contribution in [0.25, 0.3) is 0 Å². The maximum atomic E-state index is 8.81. The van der Waals surface area contributed by atoms with Gasteiger partial charge in [0.2, 0.25) is 0 Å². The van der Waals surface area contributed by atoms with Crippen LogP contribution in [0.15, 0.2) is 0 Å². The highest BCUT2D eigenvalue weighted by Gasteiger charge is 2.22. The second-order valence-corrected chi connectivity index (χ2v) is 4.74. The van der Waals surface area contributed by atoms with Crippen LogP contribution in [0.5, 0.6) is 0 Å². The van der Waals surface area contributed by atoms with Gasteiger partial charge >= 0.3 is 0 Å². The zero-order valence-electron chi connectivity index (χ0n) is 9.71. The van der Waals surface area contributed by atoms with Crippen LogP contribution in [0.3, 0.4) is 0 Å². The lowest BCUT2D eigenvalue weighted by molar-refractivity contribution is 0.158. The Balaban J connectivity index is 2.37. The van der Waals surface area contributed by atoms with Crippen LogP contribution in [-0.4, -0.2) is 36.2 Å². The molecule has 0 aliphatic heterocycles. The lowest BCUT2D eigenvalue weighted by Gasteiger charge is -2.31. The molecular formula is C12H25NO. The average Bonchev–Trinajstić information content (AvgIpc) is 2.39. The van der Waals surface area contributed by atoms with Gasteiger partial charge in [-0.05, 0) is 32.2 Å². The number of hydrogen-bond donors (Lipinski definition) is 1. The molecule has 2 nitrogen and oxygen atoms in total. The standard InChI is InChI=1S/C12H25NO/c1-11-7-4-3-5-8-12(11)13(2)9-6-10-14/h11-12,14H,3-10H2,1-2H3. The third-order valence-electron chi connectivity index (χ3n) is 3.55. The summed E-state index contributed by atoms with van der Waals surface area (Å²) in [7, 11) is 2.21. The summed E-state index contributed by atoms with van der Waals surface area (Å²) in [5, 5.41) is 8.81. The van der Waals surface area contributed by atoms with Crippen molar-refractivity contribution < 1.29 is 5.11 Å². The first-order valence-corrected chi connectivity index (χ1v) is 6.07. The molecule has 0 radical (unpaired) electrons. The number of aliphatic hydroxyl groups is 1. The zero-order valence-corrected chi connectivity index (χ0v) is 9.71. The van der Waals surface area contributed by atoms with Crippen molar-refractivity contribution in [2.45, 2.75) is 51.5 Å². The molecule has 0 heterocycles. The van der Waals surface area contributed by atoms with Crippen LogP contribution in [0.2, 0.25) is 0 Å². The van der Waals surface area contributed by atoms with Crippen molar-refractivity contribution in [3.05, 3.63) is 0 Å². The molecule has 0 aromatic heterocycles. The zero-order chi connectivity index (χ0) is 10.4. The Morgan fingerprint density at radius 2 is 1.93 bits per heavy atom. The Kier molecular flexibility index (Phi) is 5.49. The van der Waals surface area contributed by atoms with E-state index in [-0.39, 0.29) is 0 Å². The molecule has 1 aliphatic carbocycles. The average molecular weight is 199 g/mol. The van der Waals surface area contributed by atoms with E-state index in [0.29, 0.717) is 6.61 Å². The maximum absolute atomic E-state index is 8.81. The minimum Gasteiger partial charge on any atom is -0.396 e. The smallest absolute Gasteiger partial charge is 0.0443 e. The van der Waals surface area contributed by atoms with Gasteiger partial charge in [0.05, 0.1) is 0 Å². The van der Waals surface area contributed by atoms with Crippen LogP contribution in [0, 0.1) is 5.92 Å². The van der Waals surface area contributed by atoms with Gasteiger partial charge in [0.25, 0.3) is 0 Å². The van der Waals surface area contributed by atoms with Crippen molar-refractivity contribution in [2.75, 3.05) is 20.2 Å². The predicted molar refractivity (Wildman–Crippen MR) is 60.4 cm³/mol. The van der Waals surface area contributed by atoms with E-state index in [1.165, 1.54) is 32.1 Å². The van der Waals surface area contributed by atoms with Crippen LogP contribution >= 0.6 is 0 Å². The first kappa shape index (κ1) is 12.0. The monoisotopic (exact) mass is 199 g/mol. The molecule has 0 aromatic carbocycles. The van der Waals surface area contributed by atoms with Crippen LogP contribution < -0.4 is 0 Å². The van der Waals surface area contributed by atoms with Crippen molar-refractivity contribution in [1.29, 1.82) is 0 Å². The molecule has 0 aromatic rings. The summed E-state index contributed by atoms with van der Waals surface area (Å²) in [6, 6.07) is 0.754. The van der Waals surface area contributed by atoms with E-state index in [1.807, 2.05) is 0 Å². The number of nitrogens with zero attached hydrogens (tertiary/aromatic N) is 1. The molecule has 1 saturated carbocycles.